The zero-order valence-corrected chi connectivity index (χ0v) is 9.33. The summed E-state index contributed by atoms with van der Waals surface area (Å²) >= 11 is 3.15. The highest BCUT2D eigenvalue weighted by atomic mass is 79.9. The van der Waals surface area contributed by atoms with Gasteiger partial charge in [-0.05, 0) is 28.1 Å². The monoisotopic (exact) mass is 291 g/mol. The van der Waals surface area contributed by atoms with E-state index >= 15 is 0 Å². The summed E-state index contributed by atoms with van der Waals surface area (Å²) < 4.78 is 39.1. The van der Waals surface area contributed by atoms with Crippen molar-refractivity contribution < 1.29 is 13.2 Å². The van der Waals surface area contributed by atoms with Crippen LogP contribution in [0.3, 0.4) is 0 Å². The Bertz CT molecular complexity index is 507. The third-order valence-corrected chi connectivity index (χ3v) is 2.22. The minimum Gasteiger partial charge on any atom is -0.224 e. The van der Waals surface area contributed by atoms with Crippen LogP contribution in [0.4, 0.5) is 13.2 Å². The molecular formula is C9H5BrF3N3. The third-order valence-electron chi connectivity index (χ3n) is 1.81. The summed E-state index contributed by atoms with van der Waals surface area (Å²) in [5.74, 6) is 0.125. The summed E-state index contributed by atoms with van der Waals surface area (Å²) in [7, 11) is 0. The van der Waals surface area contributed by atoms with Gasteiger partial charge in [-0.3, -0.25) is 0 Å². The quantitative estimate of drug-likeness (QED) is 0.808. The fourth-order valence-electron chi connectivity index (χ4n) is 1.13. The molecule has 0 aliphatic rings. The largest absolute Gasteiger partial charge is 0.433 e. The minimum atomic E-state index is -4.44. The van der Waals surface area contributed by atoms with Gasteiger partial charge in [-0.1, -0.05) is 6.07 Å². The summed E-state index contributed by atoms with van der Waals surface area (Å²) in [6.45, 7) is 0. The predicted octanol–water partition coefficient (Wildman–Crippen LogP) is 3.05. The van der Waals surface area contributed by atoms with Crippen molar-refractivity contribution in [3.05, 3.63) is 40.8 Å². The van der Waals surface area contributed by atoms with Gasteiger partial charge >= 0.3 is 6.18 Å². The minimum absolute atomic E-state index is 0.125. The molecule has 0 unspecified atom stereocenters. The van der Waals surface area contributed by atoms with Crippen LogP contribution < -0.4 is 0 Å². The van der Waals surface area contributed by atoms with Crippen molar-refractivity contribution >= 4 is 15.9 Å². The van der Waals surface area contributed by atoms with E-state index in [0.29, 0.717) is 4.47 Å². The summed E-state index contributed by atoms with van der Waals surface area (Å²) in [5, 5.41) is 3.85. The Morgan fingerprint density at radius 2 is 2.00 bits per heavy atom. The van der Waals surface area contributed by atoms with Crippen LogP contribution in [0.1, 0.15) is 5.69 Å². The van der Waals surface area contributed by atoms with Crippen molar-refractivity contribution in [2.24, 2.45) is 0 Å². The number of rotatable bonds is 1. The zero-order valence-electron chi connectivity index (χ0n) is 7.74. The SMILES string of the molecule is FC(F)(F)c1cccc(-n2cc(Br)cn2)n1. The highest BCUT2D eigenvalue weighted by Gasteiger charge is 2.32. The first-order chi connectivity index (χ1) is 7.47. The predicted molar refractivity (Wildman–Crippen MR) is 54.1 cm³/mol. The van der Waals surface area contributed by atoms with Gasteiger partial charge in [0, 0.05) is 6.20 Å². The Morgan fingerprint density at radius 1 is 1.25 bits per heavy atom. The average Bonchev–Trinajstić information content (AvgIpc) is 2.64. The molecule has 0 saturated carbocycles. The van der Waals surface area contributed by atoms with Gasteiger partial charge in [0.1, 0.15) is 5.69 Å². The molecule has 16 heavy (non-hydrogen) atoms. The lowest BCUT2D eigenvalue weighted by molar-refractivity contribution is -0.141. The van der Waals surface area contributed by atoms with Crippen LogP contribution in [-0.2, 0) is 6.18 Å². The second-order valence-corrected chi connectivity index (χ2v) is 3.90. The van der Waals surface area contributed by atoms with Crippen LogP contribution in [0.5, 0.6) is 0 Å². The number of hydrogen-bond donors (Lipinski definition) is 0. The topological polar surface area (TPSA) is 30.7 Å². The van der Waals surface area contributed by atoms with E-state index in [9.17, 15) is 13.2 Å². The van der Waals surface area contributed by atoms with E-state index in [1.807, 2.05) is 0 Å². The molecule has 2 aromatic heterocycles. The van der Waals surface area contributed by atoms with E-state index in [1.165, 1.54) is 29.2 Å². The van der Waals surface area contributed by atoms with Crippen molar-refractivity contribution in [3.8, 4) is 5.82 Å². The molecule has 0 fully saturated rings. The number of pyridine rings is 1. The highest BCUT2D eigenvalue weighted by molar-refractivity contribution is 9.10. The maximum atomic E-state index is 12.4. The summed E-state index contributed by atoms with van der Waals surface area (Å²) in [6, 6.07) is 3.66. The zero-order chi connectivity index (χ0) is 11.8. The van der Waals surface area contributed by atoms with E-state index in [-0.39, 0.29) is 5.82 Å². The molecule has 0 N–H and O–H groups in total. The Balaban J connectivity index is 2.44. The van der Waals surface area contributed by atoms with Gasteiger partial charge in [-0.2, -0.15) is 18.3 Å². The van der Waals surface area contributed by atoms with Crippen LogP contribution in [0.2, 0.25) is 0 Å². The van der Waals surface area contributed by atoms with Gasteiger partial charge in [0.2, 0.25) is 0 Å². The summed E-state index contributed by atoms with van der Waals surface area (Å²) in [4.78, 5) is 3.48. The molecule has 84 valence electrons. The van der Waals surface area contributed by atoms with Crippen LogP contribution in [0.15, 0.2) is 35.1 Å². The van der Waals surface area contributed by atoms with E-state index in [0.717, 1.165) is 6.07 Å². The lowest BCUT2D eigenvalue weighted by atomic mass is 10.3. The van der Waals surface area contributed by atoms with Gasteiger partial charge < -0.3 is 0 Å². The molecule has 2 rings (SSSR count). The number of alkyl halides is 3. The number of aromatic nitrogens is 3. The van der Waals surface area contributed by atoms with Gasteiger partial charge in [-0.25, -0.2) is 9.67 Å². The molecule has 7 heteroatoms. The first kappa shape index (κ1) is 11.1. The van der Waals surface area contributed by atoms with Gasteiger partial charge in [0.05, 0.1) is 10.7 Å². The smallest absolute Gasteiger partial charge is 0.224 e. The number of halogens is 4. The molecule has 2 aromatic rings. The van der Waals surface area contributed by atoms with Crippen LogP contribution in [-0.4, -0.2) is 14.8 Å². The maximum absolute atomic E-state index is 12.4. The van der Waals surface area contributed by atoms with E-state index in [1.54, 1.807) is 0 Å². The Labute approximate surface area is 97.0 Å². The second kappa shape index (κ2) is 3.89. The van der Waals surface area contributed by atoms with Crippen molar-refractivity contribution in [3.63, 3.8) is 0 Å². The van der Waals surface area contributed by atoms with Gasteiger partial charge in [-0.15, -0.1) is 0 Å². The summed E-state index contributed by atoms with van der Waals surface area (Å²) in [5.41, 5.74) is -0.934. The standard InChI is InChI=1S/C9H5BrF3N3/c10-6-4-14-16(5-6)8-3-1-2-7(15-8)9(11,12)13/h1-5H. The molecule has 0 bridgehead atoms. The van der Waals surface area contributed by atoms with E-state index < -0.39 is 11.9 Å². The van der Waals surface area contributed by atoms with Crippen molar-refractivity contribution in [2.45, 2.75) is 6.18 Å². The summed E-state index contributed by atoms with van der Waals surface area (Å²) in [6.07, 6.45) is -1.44. The molecule has 0 amide bonds. The molecule has 3 nitrogen and oxygen atoms in total. The Kier molecular flexibility index (Phi) is 2.71. The van der Waals surface area contributed by atoms with Crippen molar-refractivity contribution in [1.82, 2.24) is 14.8 Å². The Hall–Kier alpha value is -1.37. The molecule has 0 aromatic carbocycles. The fraction of sp³-hybridized carbons (Fsp3) is 0.111. The third kappa shape index (κ3) is 2.24. The van der Waals surface area contributed by atoms with Crippen molar-refractivity contribution in [2.75, 3.05) is 0 Å². The van der Waals surface area contributed by atoms with E-state index in [4.69, 9.17) is 0 Å². The molecule has 0 aliphatic heterocycles. The Morgan fingerprint density at radius 3 is 2.56 bits per heavy atom. The molecule has 2 heterocycles. The highest BCUT2D eigenvalue weighted by Crippen LogP contribution is 2.27. The van der Waals surface area contributed by atoms with E-state index in [2.05, 4.69) is 26.0 Å². The van der Waals surface area contributed by atoms with Gasteiger partial charge in [0.25, 0.3) is 0 Å². The molecule has 0 radical (unpaired) electrons. The van der Waals surface area contributed by atoms with Crippen molar-refractivity contribution in [1.29, 1.82) is 0 Å². The molecule has 0 atom stereocenters. The van der Waals surface area contributed by atoms with Gasteiger partial charge in [0.15, 0.2) is 5.82 Å². The number of nitrogens with zero attached hydrogens (tertiary/aromatic N) is 3. The normalized spacial score (nSPS) is 11.8. The molecule has 0 aliphatic carbocycles. The maximum Gasteiger partial charge on any atom is 0.433 e. The lowest BCUT2D eigenvalue weighted by Crippen LogP contribution is -2.10. The molecular weight excluding hydrogens is 287 g/mol. The molecule has 0 spiro atoms. The van der Waals surface area contributed by atoms with Crippen LogP contribution in [0.25, 0.3) is 5.82 Å². The lowest BCUT2D eigenvalue weighted by Gasteiger charge is -2.07. The first-order valence-electron chi connectivity index (χ1n) is 4.21. The average molecular weight is 292 g/mol. The van der Waals surface area contributed by atoms with Crippen LogP contribution >= 0.6 is 15.9 Å². The van der Waals surface area contributed by atoms with Crippen LogP contribution in [0, 0.1) is 0 Å². The second-order valence-electron chi connectivity index (χ2n) is 2.98. The molecule has 0 saturated heterocycles. The number of hydrogen-bond acceptors (Lipinski definition) is 2. The fourth-order valence-corrected chi connectivity index (χ4v) is 1.42. The first-order valence-corrected chi connectivity index (χ1v) is 5.01.